The molecule has 4 rings (SSSR count). The summed E-state index contributed by atoms with van der Waals surface area (Å²) in [6, 6.07) is 23.3. The van der Waals surface area contributed by atoms with Crippen LogP contribution in [0.5, 0.6) is 0 Å². The summed E-state index contributed by atoms with van der Waals surface area (Å²) in [5.41, 5.74) is 3.49. The van der Waals surface area contributed by atoms with Crippen molar-refractivity contribution in [1.82, 2.24) is 0 Å². The zero-order valence-electron chi connectivity index (χ0n) is 17.8. The van der Waals surface area contributed by atoms with Crippen molar-refractivity contribution in [3.63, 3.8) is 0 Å². The van der Waals surface area contributed by atoms with E-state index in [0.29, 0.717) is 22.6 Å². The Morgan fingerprint density at radius 3 is 2.31 bits per heavy atom. The van der Waals surface area contributed by atoms with E-state index in [1.54, 1.807) is 53.1 Å². The lowest BCUT2D eigenvalue weighted by atomic mass is 9.89. The number of hydrogen-bond acceptors (Lipinski definition) is 3. The van der Waals surface area contributed by atoms with E-state index in [0.717, 1.165) is 16.9 Å². The van der Waals surface area contributed by atoms with Gasteiger partial charge in [0, 0.05) is 34.9 Å². The van der Waals surface area contributed by atoms with Gasteiger partial charge in [0.25, 0.3) is 5.91 Å². The van der Waals surface area contributed by atoms with E-state index < -0.39 is 0 Å². The van der Waals surface area contributed by atoms with Crippen LogP contribution in [0.4, 0.5) is 11.4 Å². The van der Waals surface area contributed by atoms with Gasteiger partial charge in [-0.2, -0.15) is 5.26 Å². The number of hydrogen-bond donors (Lipinski definition) is 0. The Bertz CT molecular complexity index is 1200. The van der Waals surface area contributed by atoms with Gasteiger partial charge in [-0.1, -0.05) is 29.8 Å². The van der Waals surface area contributed by atoms with Crippen LogP contribution >= 0.6 is 11.6 Å². The quantitative estimate of drug-likeness (QED) is 0.518. The standard InChI is InChI=1S/C26H22ClN3O2/c1-17-15-25(30(18(2)31)22-13-11-21(27)12-14-22)23-5-3-4-6-24(23)29(17)26(32)20-9-7-19(16-28)8-10-20/h3-14,17,25H,15H2,1-2H3. The number of benzene rings is 3. The van der Waals surface area contributed by atoms with Crippen molar-refractivity contribution in [3.8, 4) is 6.07 Å². The highest BCUT2D eigenvalue weighted by atomic mass is 35.5. The first-order chi connectivity index (χ1) is 15.4. The van der Waals surface area contributed by atoms with E-state index in [1.807, 2.05) is 43.3 Å². The van der Waals surface area contributed by atoms with Crippen molar-refractivity contribution in [2.45, 2.75) is 32.4 Å². The number of nitrogens with zero attached hydrogens (tertiary/aromatic N) is 3. The van der Waals surface area contributed by atoms with Crippen molar-refractivity contribution in [2.75, 3.05) is 9.80 Å². The smallest absolute Gasteiger partial charge is 0.258 e. The molecule has 0 saturated carbocycles. The minimum Gasteiger partial charge on any atom is -0.305 e. The minimum atomic E-state index is -0.218. The zero-order chi connectivity index (χ0) is 22.8. The number of fused-ring (bicyclic) bond motifs is 1. The van der Waals surface area contributed by atoms with Gasteiger partial charge in [-0.15, -0.1) is 0 Å². The van der Waals surface area contributed by atoms with Crippen LogP contribution in [0.2, 0.25) is 5.02 Å². The molecule has 2 unspecified atom stereocenters. The molecule has 1 heterocycles. The summed E-state index contributed by atoms with van der Waals surface area (Å²) >= 11 is 6.05. The van der Waals surface area contributed by atoms with E-state index >= 15 is 0 Å². The summed E-state index contributed by atoms with van der Waals surface area (Å²) in [5.74, 6) is -0.208. The largest absolute Gasteiger partial charge is 0.305 e. The van der Waals surface area contributed by atoms with Crippen LogP contribution in [-0.2, 0) is 4.79 Å². The van der Waals surface area contributed by atoms with E-state index in [4.69, 9.17) is 16.9 Å². The first kappa shape index (κ1) is 21.6. The molecule has 0 bridgehead atoms. The number of amides is 2. The van der Waals surface area contributed by atoms with E-state index in [-0.39, 0.29) is 23.9 Å². The molecule has 32 heavy (non-hydrogen) atoms. The molecule has 1 aliphatic rings. The molecule has 6 heteroatoms. The molecule has 0 N–H and O–H groups in total. The molecule has 5 nitrogen and oxygen atoms in total. The molecule has 0 aliphatic carbocycles. The van der Waals surface area contributed by atoms with E-state index in [2.05, 4.69) is 6.07 Å². The normalized spacial score (nSPS) is 17.2. The zero-order valence-corrected chi connectivity index (χ0v) is 18.6. The fraction of sp³-hybridized carbons (Fsp3) is 0.192. The molecule has 0 radical (unpaired) electrons. The van der Waals surface area contributed by atoms with Crippen molar-refractivity contribution in [1.29, 1.82) is 5.26 Å². The Morgan fingerprint density at radius 1 is 1.03 bits per heavy atom. The predicted octanol–water partition coefficient (Wildman–Crippen LogP) is 5.74. The molecule has 0 spiro atoms. The van der Waals surface area contributed by atoms with E-state index in [9.17, 15) is 9.59 Å². The van der Waals surface area contributed by atoms with Crippen LogP contribution in [-0.4, -0.2) is 17.9 Å². The molecule has 0 fully saturated rings. The Hall–Kier alpha value is -3.62. The number of nitriles is 1. The maximum Gasteiger partial charge on any atom is 0.258 e. The van der Waals surface area contributed by atoms with Crippen LogP contribution in [0.15, 0.2) is 72.8 Å². The van der Waals surface area contributed by atoms with Gasteiger partial charge in [0.15, 0.2) is 0 Å². The van der Waals surface area contributed by atoms with Gasteiger partial charge in [0.05, 0.1) is 17.7 Å². The van der Waals surface area contributed by atoms with Crippen LogP contribution in [0, 0.1) is 11.3 Å². The molecule has 3 aromatic rings. The third kappa shape index (κ3) is 3.98. The second kappa shape index (κ2) is 8.86. The van der Waals surface area contributed by atoms with Crippen molar-refractivity contribution in [2.24, 2.45) is 0 Å². The third-order valence-corrected chi connectivity index (χ3v) is 6.05. The van der Waals surface area contributed by atoms with Crippen LogP contribution in [0.3, 0.4) is 0 Å². The van der Waals surface area contributed by atoms with E-state index in [1.165, 1.54) is 0 Å². The van der Waals surface area contributed by atoms with Gasteiger partial charge in [-0.05, 0) is 73.5 Å². The van der Waals surface area contributed by atoms with Crippen LogP contribution in [0.25, 0.3) is 0 Å². The van der Waals surface area contributed by atoms with Gasteiger partial charge < -0.3 is 9.80 Å². The molecule has 3 aromatic carbocycles. The van der Waals surface area contributed by atoms with Gasteiger partial charge in [-0.25, -0.2) is 0 Å². The second-order valence-corrected chi connectivity index (χ2v) is 8.33. The summed E-state index contributed by atoms with van der Waals surface area (Å²) in [6.07, 6.45) is 0.585. The van der Waals surface area contributed by atoms with Gasteiger partial charge in [0.2, 0.25) is 5.91 Å². The average molecular weight is 444 g/mol. The van der Waals surface area contributed by atoms with Crippen molar-refractivity contribution >= 4 is 34.8 Å². The fourth-order valence-corrected chi connectivity index (χ4v) is 4.47. The van der Waals surface area contributed by atoms with Crippen LogP contribution in [0.1, 0.15) is 47.8 Å². The monoisotopic (exact) mass is 443 g/mol. The summed E-state index contributed by atoms with van der Waals surface area (Å²) in [4.78, 5) is 29.7. The minimum absolute atomic E-state index is 0.0776. The molecule has 2 amide bonds. The number of carbonyl (C=O) groups is 2. The summed E-state index contributed by atoms with van der Waals surface area (Å²) < 4.78 is 0. The summed E-state index contributed by atoms with van der Waals surface area (Å²) in [5, 5.41) is 9.64. The lowest BCUT2D eigenvalue weighted by Crippen LogP contribution is -2.47. The number of anilines is 2. The number of rotatable bonds is 3. The Labute approximate surface area is 192 Å². The molecule has 0 aromatic heterocycles. The maximum absolute atomic E-state index is 13.4. The Balaban J connectivity index is 1.76. The van der Waals surface area contributed by atoms with Crippen molar-refractivity contribution < 1.29 is 9.59 Å². The SMILES string of the molecule is CC(=O)N(c1ccc(Cl)cc1)C1CC(C)N(C(=O)c2ccc(C#N)cc2)c2ccccc21. The third-order valence-electron chi connectivity index (χ3n) is 5.80. The van der Waals surface area contributed by atoms with Gasteiger partial charge in [-0.3, -0.25) is 9.59 Å². The molecular weight excluding hydrogens is 422 g/mol. The summed E-state index contributed by atoms with van der Waals surface area (Å²) in [6.45, 7) is 3.54. The second-order valence-electron chi connectivity index (χ2n) is 7.89. The molecule has 1 aliphatic heterocycles. The topological polar surface area (TPSA) is 64.4 Å². The fourth-order valence-electron chi connectivity index (χ4n) is 4.34. The number of para-hydroxylation sites is 1. The Kier molecular flexibility index (Phi) is 5.98. The predicted molar refractivity (Wildman–Crippen MR) is 126 cm³/mol. The highest BCUT2D eigenvalue weighted by Gasteiger charge is 2.38. The first-order valence-electron chi connectivity index (χ1n) is 10.4. The highest BCUT2D eigenvalue weighted by Crippen LogP contribution is 2.42. The molecule has 0 saturated heterocycles. The Morgan fingerprint density at radius 2 is 1.69 bits per heavy atom. The summed E-state index contributed by atoms with van der Waals surface area (Å²) in [7, 11) is 0. The highest BCUT2D eigenvalue weighted by molar-refractivity contribution is 6.30. The first-order valence-corrected chi connectivity index (χ1v) is 10.8. The number of carbonyl (C=O) groups excluding carboxylic acids is 2. The molecular formula is C26H22ClN3O2. The lowest BCUT2D eigenvalue weighted by molar-refractivity contribution is -0.117. The maximum atomic E-state index is 13.4. The van der Waals surface area contributed by atoms with Gasteiger partial charge >= 0.3 is 0 Å². The van der Waals surface area contributed by atoms with Crippen LogP contribution < -0.4 is 9.80 Å². The molecule has 160 valence electrons. The number of halogens is 1. The van der Waals surface area contributed by atoms with Gasteiger partial charge in [0.1, 0.15) is 0 Å². The average Bonchev–Trinajstić information content (AvgIpc) is 2.80. The molecule has 2 atom stereocenters. The van der Waals surface area contributed by atoms with Crippen molar-refractivity contribution in [3.05, 3.63) is 94.5 Å². The lowest BCUT2D eigenvalue weighted by Gasteiger charge is -2.43.